The zero-order valence-electron chi connectivity index (χ0n) is 13.8. The van der Waals surface area contributed by atoms with Gasteiger partial charge >= 0.3 is 6.61 Å². The number of alkyl halides is 2. The average molecular weight is 434 g/mol. The Labute approximate surface area is 162 Å². The fourth-order valence-electron chi connectivity index (χ4n) is 3.26. The second-order valence-electron chi connectivity index (χ2n) is 6.01. The Kier molecular flexibility index (Phi) is 4.28. The highest BCUT2D eigenvalue weighted by Gasteiger charge is 2.44. The number of ether oxygens (including phenoxy) is 2. The number of anilines is 1. The van der Waals surface area contributed by atoms with Gasteiger partial charge in [0.25, 0.3) is 5.79 Å². The van der Waals surface area contributed by atoms with Gasteiger partial charge in [-0.05, 0) is 34.1 Å². The van der Waals surface area contributed by atoms with Crippen molar-refractivity contribution in [2.45, 2.75) is 12.4 Å². The molecule has 0 fully saturated rings. The van der Waals surface area contributed by atoms with Crippen LogP contribution in [0.25, 0.3) is 11.1 Å². The number of nitrogen functional groups attached to an aromatic ring is 1. The Morgan fingerprint density at radius 1 is 1.04 bits per heavy atom. The zero-order valence-corrected chi connectivity index (χ0v) is 15.4. The molecule has 1 atom stereocenters. The molecule has 7 heteroatoms. The van der Waals surface area contributed by atoms with Gasteiger partial charge in [0.15, 0.2) is 0 Å². The number of rotatable bonds is 3. The number of hydrogen-bond donors (Lipinski definition) is 2. The van der Waals surface area contributed by atoms with Crippen molar-refractivity contribution in [1.29, 1.82) is 0 Å². The van der Waals surface area contributed by atoms with Gasteiger partial charge in [-0.1, -0.05) is 42.5 Å². The van der Waals surface area contributed by atoms with Gasteiger partial charge in [0.2, 0.25) is 0 Å². The number of halogens is 3. The number of hydrogen-bond acceptors (Lipinski definition) is 4. The fraction of sp³-hybridized carbons (Fsp3) is 0.100. The Balaban J connectivity index is 2.03. The van der Waals surface area contributed by atoms with Crippen molar-refractivity contribution in [3.8, 4) is 22.6 Å². The summed E-state index contributed by atoms with van der Waals surface area (Å²) < 4.78 is 36.8. The highest BCUT2D eigenvalue weighted by molar-refractivity contribution is 9.10. The number of benzene rings is 3. The van der Waals surface area contributed by atoms with Gasteiger partial charge in [0, 0.05) is 16.8 Å². The SMILES string of the molecule is Nc1ccc2c(c1Br)C(O)(c1ccccc1)Oc1cccc(OC(F)F)c1-2. The topological polar surface area (TPSA) is 64.7 Å². The van der Waals surface area contributed by atoms with Crippen LogP contribution in [-0.2, 0) is 5.79 Å². The van der Waals surface area contributed by atoms with E-state index in [2.05, 4.69) is 20.7 Å². The van der Waals surface area contributed by atoms with Crippen LogP contribution in [0.5, 0.6) is 11.5 Å². The lowest BCUT2D eigenvalue weighted by atomic mass is 9.86. The summed E-state index contributed by atoms with van der Waals surface area (Å²) >= 11 is 3.41. The lowest BCUT2D eigenvalue weighted by Crippen LogP contribution is -2.37. The molecule has 0 aromatic heterocycles. The highest BCUT2D eigenvalue weighted by Crippen LogP contribution is 2.53. The van der Waals surface area contributed by atoms with E-state index >= 15 is 0 Å². The maximum absolute atomic E-state index is 12.9. The maximum atomic E-state index is 12.9. The van der Waals surface area contributed by atoms with Crippen molar-refractivity contribution in [3.63, 3.8) is 0 Å². The molecule has 1 unspecified atom stereocenters. The summed E-state index contributed by atoms with van der Waals surface area (Å²) in [6.45, 7) is -2.99. The predicted molar refractivity (Wildman–Crippen MR) is 101 cm³/mol. The minimum absolute atomic E-state index is 0.0458. The molecule has 1 heterocycles. The van der Waals surface area contributed by atoms with E-state index in [1.54, 1.807) is 42.5 Å². The van der Waals surface area contributed by atoms with Crippen LogP contribution in [0, 0.1) is 0 Å². The molecule has 0 aliphatic carbocycles. The molecule has 4 nitrogen and oxygen atoms in total. The van der Waals surface area contributed by atoms with Crippen molar-refractivity contribution in [3.05, 3.63) is 76.3 Å². The standard InChI is InChI=1S/C20H14BrF2NO3/c21-18-13(24)10-9-12-16-14(26-19(22)23)7-4-8-15(16)27-20(25,17(12)18)11-5-2-1-3-6-11/h1-10,19,25H,24H2. The Morgan fingerprint density at radius 3 is 2.48 bits per heavy atom. The molecule has 4 rings (SSSR count). The first-order chi connectivity index (χ1) is 12.9. The lowest BCUT2D eigenvalue weighted by Gasteiger charge is -2.37. The van der Waals surface area contributed by atoms with E-state index in [4.69, 9.17) is 10.5 Å². The number of aliphatic hydroxyl groups is 1. The van der Waals surface area contributed by atoms with Gasteiger partial charge in [0.1, 0.15) is 11.5 Å². The summed E-state index contributed by atoms with van der Waals surface area (Å²) in [6.07, 6.45) is 0. The molecule has 3 aromatic rings. The van der Waals surface area contributed by atoms with Crippen molar-refractivity contribution in [2.24, 2.45) is 0 Å². The third-order valence-electron chi connectivity index (χ3n) is 4.41. The van der Waals surface area contributed by atoms with Crippen molar-refractivity contribution >= 4 is 21.6 Å². The van der Waals surface area contributed by atoms with Crippen LogP contribution in [-0.4, -0.2) is 11.7 Å². The van der Waals surface area contributed by atoms with Gasteiger partial charge in [-0.15, -0.1) is 0 Å². The summed E-state index contributed by atoms with van der Waals surface area (Å²) in [5, 5.41) is 11.5. The van der Waals surface area contributed by atoms with Crippen molar-refractivity contribution in [2.75, 3.05) is 5.73 Å². The predicted octanol–water partition coefficient (Wildman–Crippen LogP) is 4.89. The summed E-state index contributed by atoms with van der Waals surface area (Å²) in [7, 11) is 0. The van der Waals surface area contributed by atoms with E-state index in [1.165, 1.54) is 12.1 Å². The van der Waals surface area contributed by atoms with E-state index in [0.717, 1.165) is 0 Å². The zero-order chi connectivity index (χ0) is 19.2. The lowest BCUT2D eigenvalue weighted by molar-refractivity contribution is -0.111. The van der Waals surface area contributed by atoms with E-state index in [0.29, 0.717) is 32.4 Å². The number of nitrogens with two attached hydrogens (primary N) is 1. The molecule has 0 saturated carbocycles. The molecule has 0 radical (unpaired) electrons. The van der Waals surface area contributed by atoms with Crippen LogP contribution in [0.4, 0.5) is 14.5 Å². The minimum Gasteiger partial charge on any atom is -0.453 e. The maximum Gasteiger partial charge on any atom is 0.387 e. The summed E-state index contributed by atoms with van der Waals surface area (Å²) in [6, 6.07) is 16.6. The van der Waals surface area contributed by atoms with E-state index in [-0.39, 0.29) is 11.5 Å². The van der Waals surface area contributed by atoms with Gasteiger partial charge in [0.05, 0.1) is 15.6 Å². The molecular weight excluding hydrogens is 420 g/mol. The molecule has 0 saturated heterocycles. The van der Waals surface area contributed by atoms with E-state index < -0.39 is 12.4 Å². The summed E-state index contributed by atoms with van der Waals surface area (Å²) in [5.74, 6) is -1.68. The molecule has 1 aliphatic rings. The van der Waals surface area contributed by atoms with Crippen LogP contribution in [0.1, 0.15) is 11.1 Å². The molecule has 1 aliphatic heterocycles. The molecule has 3 aromatic carbocycles. The third kappa shape index (κ3) is 2.83. The van der Waals surface area contributed by atoms with Gasteiger partial charge < -0.3 is 20.3 Å². The van der Waals surface area contributed by atoms with Crippen molar-refractivity contribution in [1.82, 2.24) is 0 Å². The summed E-state index contributed by atoms with van der Waals surface area (Å²) in [5.41, 5.74) is 8.01. The molecule has 138 valence electrons. The third-order valence-corrected chi connectivity index (χ3v) is 5.26. The average Bonchev–Trinajstić information content (AvgIpc) is 2.64. The van der Waals surface area contributed by atoms with E-state index in [9.17, 15) is 13.9 Å². The first kappa shape index (κ1) is 17.8. The van der Waals surface area contributed by atoms with Gasteiger partial charge in [-0.25, -0.2) is 0 Å². The Morgan fingerprint density at radius 2 is 1.78 bits per heavy atom. The molecule has 0 bridgehead atoms. The molecule has 0 spiro atoms. The van der Waals surface area contributed by atoms with E-state index in [1.807, 2.05) is 6.07 Å². The van der Waals surface area contributed by atoms with Gasteiger partial charge in [-0.3, -0.25) is 0 Å². The molecular formula is C20H14BrF2NO3. The summed E-state index contributed by atoms with van der Waals surface area (Å²) in [4.78, 5) is 0. The molecule has 3 N–H and O–H groups in total. The Hall–Kier alpha value is -2.64. The van der Waals surface area contributed by atoms with Gasteiger partial charge in [-0.2, -0.15) is 8.78 Å². The van der Waals surface area contributed by atoms with Crippen molar-refractivity contribution < 1.29 is 23.4 Å². The van der Waals surface area contributed by atoms with Crippen LogP contribution in [0.3, 0.4) is 0 Å². The number of fused-ring (bicyclic) bond motifs is 3. The second-order valence-corrected chi connectivity index (χ2v) is 6.80. The second kappa shape index (κ2) is 6.51. The minimum atomic E-state index is -2.99. The van der Waals surface area contributed by atoms with Crippen LogP contribution >= 0.6 is 15.9 Å². The fourth-order valence-corrected chi connectivity index (χ4v) is 3.88. The largest absolute Gasteiger partial charge is 0.453 e. The first-order valence-electron chi connectivity index (χ1n) is 8.05. The van der Waals surface area contributed by atoms with Crippen LogP contribution in [0.15, 0.2) is 65.1 Å². The Bertz CT molecular complexity index is 1010. The monoisotopic (exact) mass is 433 g/mol. The van der Waals surface area contributed by atoms with Crippen LogP contribution in [0.2, 0.25) is 0 Å². The highest BCUT2D eigenvalue weighted by atomic mass is 79.9. The smallest absolute Gasteiger partial charge is 0.387 e. The normalized spacial score (nSPS) is 17.8. The van der Waals surface area contributed by atoms with Crippen LogP contribution < -0.4 is 15.2 Å². The quantitative estimate of drug-likeness (QED) is 0.577. The first-order valence-corrected chi connectivity index (χ1v) is 8.84. The molecule has 27 heavy (non-hydrogen) atoms. The molecule has 0 amide bonds.